The van der Waals surface area contributed by atoms with Gasteiger partial charge in [-0.2, -0.15) is 5.26 Å². The van der Waals surface area contributed by atoms with Gasteiger partial charge >= 0.3 is 0 Å². The molecule has 3 aliphatic rings. The third-order valence-corrected chi connectivity index (χ3v) is 8.57. The highest BCUT2D eigenvalue weighted by Gasteiger charge is 2.45. The van der Waals surface area contributed by atoms with E-state index in [0.717, 1.165) is 45.2 Å². The summed E-state index contributed by atoms with van der Waals surface area (Å²) in [7, 11) is 0. The molecule has 1 aromatic rings. The number of allylic oxidation sites excluding steroid dienone is 3. The maximum absolute atomic E-state index is 16.4. The summed E-state index contributed by atoms with van der Waals surface area (Å²) in [4.78, 5) is 17.1. The number of hydrogen-bond acceptors (Lipinski definition) is 4. The van der Waals surface area contributed by atoms with E-state index >= 15 is 4.39 Å². The molecule has 38 heavy (non-hydrogen) atoms. The Hall–Kier alpha value is -2.72. The monoisotopic (exact) mass is 525 g/mol. The number of amides is 1. The van der Waals surface area contributed by atoms with Gasteiger partial charge in [-0.25, -0.2) is 8.78 Å². The topological polar surface area (TPSA) is 56.6 Å². The van der Waals surface area contributed by atoms with Crippen molar-refractivity contribution in [2.24, 2.45) is 5.92 Å². The summed E-state index contributed by atoms with van der Waals surface area (Å²) in [5, 5.41) is 9.84. The number of carbonyl (C=O) groups is 1. The first-order chi connectivity index (χ1) is 18.3. The van der Waals surface area contributed by atoms with Crippen molar-refractivity contribution in [1.82, 2.24) is 9.80 Å². The van der Waals surface area contributed by atoms with E-state index in [-0.39, 0.29) is 6.42 Å². The summed E-state index contributed by atoms with van der Waals surface area (Å²) in [6, 6.07) is 7.29. The molecule has 7 heteroatoms. The van der Waals surface area contributed by atoms with Gasteiger partial charge in [-0.3, -0.25) is 4.79 Å². The van der Waals surface area contributed by atoms with Crippen molar-refractivity contribution >= 4 is 11.5 Å². The minimum atomic E-state index is -2.14. The second-order valence-electron chi connectivity index (χ2n) is 11.1. The van der Waals surface area contributed by atoms with Gasteiger partial charge in [0.15, 0.2) is 0 Å². The standard InChI is InChI=1S/C31H41F2N3O2/c1-3-30(32,4-2)23-35-18-13-24(14-19-35)22-38-28-12-11-25(20-26(28)21-34)27-10-6-7-15-31(27,33)29(37)36-16-8-5-9-17-36/h6-7,10-12,20,24H,3-5,8-9,13-19,22-23H2,1-2H3/t31-/m1/s1. The van der Waals surface area contributed by atoms with E-state index in [1.807, 2.05) is 13.8 Å². The number of piperidine rings is 2. The zero-order chi connectivity index (χ0) is 27.2. The van der Waals surface area contributed by atoms with Gasteiger partial charge in [0.1, 0.15) is 17.5 Å². The number of benzene rings is 1. The number of ether oxygens (including phenoxy) is 1. The zero-order valence-corrected chi connectivity index (χ0v) is 22.9. The SMILES string of the molecule is CCC(F)(CC)CN1CCC(COc2ccc(C3=CC=CC[C@]3(F)C(=O)N3CCCCC3)cc2C#N)CC1. The Kier molecular flexibility index (Phi) is 9.25. The fourth-order valence-electron chi connectivity index (χ4n) is 5.82. The Balaban J connectivity index is 1.40. The molecule has 2 aliphatic heterocycles. The minimum absolute atomic E-state index is 0.00690. The van der Waals surface area contributed by atoms with Crippen LogP contribution in [0.3, 0.4) is 0 Å². The lowest BCUT2D eigenvalue weighted by Crippen LogP contribution is -2.49. The Morgan fingerprint density at radius 2 is 1.87 bits per heavy atom. The molecule has 1 amide bonds. The summed E-state index contributed by atoms with van der Waals surface area (Å²) in [6.45, 7) is 7.63. The van der Waals surface area contributed by atoms with Gasteiger partial charge in [0.05, 0.1) is 12.2 Å². The number of nitrogens with zero attached hydrogens (tertiary/aromatic N) is 3. The van der Waals surface area contributed by atoms with Gasteiger partial charge in [0.25, 0.3) is 5.91 Å². The average Bonchev–Trinajstić information content (AvgIpc) is 2.97. The highest BCUT2D eigenvalue weighted by Crippen LogP contribution is 2.40. The number of rotatable bonds is 9. The minimum Gasteiger partial charge on any atom is -0.492 e. The van der Waals surface area contributed by atoms with E-state index < -0.39 is 17.2 Å². The Labute approximate surface area is 226 Å². The summed E-state index contributed by atoms with van der Waals surface area (Å²) in [5.41, 5.74) is -2.10. The molecule has 0 spiro atoms. The molecule has 1 aliphatic carbocycles. The van der Waals surface area contributed by atoms with Crippen LogP contribution in [-0.4, -0.2) is 66.4 Å². The molecule has 4 rings (SSSR count). The Morgan fingerprint density at radius 3 is 2.53 bits per heavy atom. The van der Waals surface area contributed by atoms with Crippen LogP contribution in [0.2, 0.25) is 0 Å². The predicted octanol–water partition coefficient (Wildman–Crippen LogP) is 6.24. The highest BCUT2D eigenvalue weighted by atomic mass is 19.1. The first-order valence-corrected chi connectivity index (χ1v) is 14.3. The van der Waals surface area contributed by atoms with Crippen molar-refractivity contribution in [3.63, 3.8) is 0 Å². The molecule has 1 atom stereocenters. The lowest BCUT2D eigenvalue weighted by atomic mass is 9.82. The van der Waals surface area contributed by atoms with Gasteiger partial charge in [0, 0.05) is 31.6 Å². The quantitative estimate of drug-likeness (QED) is 0.383. The number of halogens is 2. The van der Waals surface area contributed by atoms with Gasteiger partial charge in [-0.1, -0.05) is 38.1 Å². The van der Waals surface area contributed by atoms with Gasteiger partial charge in [0.2, 0.25) is 5.67 Å². The molecule has 1 aromatic carbocycles. The summed E-state index contributed by atoms with van der Waals surface area (Å²) in [6.07, 6.45) is 10.9. The molecule has 2 fully saturated rings. The van der Waals surface area contributed by atoms with Crippen molar-refractivity contribution in [3.05, 3.63) is 47.6 Å². The molecule has 0 bridgehead atoms. The normalized spacial score (nSPS) is 23.1. The largest absolute Gasteiger partial charge is 0.492 e. The van der Waals surface area contributed by atoms with E-state index in [2.05, 4.69) is 11.0 Å². The first-order valence-electron chi connectivity index (χ1n) is 14.3. The summed E-state index contributed by atoms with van der Waals surface area (Å²) < 4.78 is 37.2. The number of alkyl halides is 2. The number of nitriles is 1. The van der Waals surface area contributed by atoms with Gasteiger partial charge < -0.3 is 14.5 Å². The first kappa shape index (κ1) is 28.3. The van der Waals surface area contributed by atoms with Crippen LogP contribution in [0.1, 0.15) is 76.3 Å². The zero-order valence-electron chi connectivity index (χ0n) is 22.9. The van der Waals surface area contributed by atoms with E-state index in [1.54, 1.807) is 41.3 Å². The molecule has 0 saturated carbocycles. The number of likely N-dealkylation sites (tertiary alicyclic amines) is 2. The second-order valence-corrected chi connectivity index (χ2v) is 11.1. The molecular weight excluding hydrogens is 484 g/mol. The molecule has 206 valence electrons. The van der Waals surface area contributed by atoms with Crippen molar-refractivity contribution in [2.45, 2.75) is 76.6 Å². The molecule has 5 nitrogen and oxygen atoms in total. The van der Waals surface area contributed by atoms with Crippen LogP contribution in [-0.2, 0) is 4.79 Å². The molecule has 0 aromatic heterocycles. The van der Waals surface area contributed by atoms with E-state index in [1.165, 1.54) is 0 Å². The Bertz CT molecular complexity index is 1080. The van der Waals surface area contributed by atoms with Gasteiger partial charge in [-0.15, -0.1) is 0 Å². The fourth-order valence-corrected chi connectivity index (χ4v) is 5.82. The number of carbonyl (C=O) groups excluding carboxylic acids is 1. The van der Waals surface area contributed by atoms with Crippen LogP contribution in [0.4, 0.5) is 8.78 Å². The molecule has 0 unspecified atom stereocenters. The second kappa shape index (κ2) is 12.4. The predicted molar refractivity (Wildman–Crippen MR) is 146 cm³/mol. The number of hydrogen-bond donors (Lipinski definition) is 0. The lowest BCUT2D eigenvalue weighted by molar-refractivity contribution is -0.141. The maximum Gasteiger partial charge on any atom is 0.265 e. The highest BCUT2D eigenvalue weighted by molar-refractivity contribution is 6.00. The summed E-state index contributed by atoms with van der Waals surface area (Å²) in [5.74, 6) is 0.319. The molecule has 0 radical (unpaired) electrons. The van der Waals surface area contributed by atoms with Crippen LogP contribution >= 0.6 is 0 Å². The van der Waals surface area contributed by atoms with Crippen LogP contribution in [0, 0.1) is 17.2 Å². The van der Waals surface area contributed by atoms with Crippen LogP contribution in [0.25, 0.3) is 5.57 Å². The smallest absolute Gasteiger partial charge is 0.265 e. The van der Waals surface area contributed by atoms with Crippen molar-refractivity contribution in [2.75, 3.05) is 39.3 Å². The molecule has 0 N–H and O–H groups in total. The summed E-state index contributed by atoms with van der Waals surface area (Å²) >= 11 is 0. The third-order valence-electron chi connectivity index (χ3n) is 8.57. The van der Waals surface area contributed by atoms with Gasteiger partial charge in [-0.05, 0) is 81.6 Å². The Morgan fingerprint density at radius 1 is 1.16 bits per heavy atom. The van der Waals surface area contributed by atoms with Crippen molar-refractivity contribution in [3.8, 4) is 11.8 Å². The average molecular weight is 526 g/mol. The van der Waals surface area contributed by atoms with E-state index in [9.17, 15) is 14.4 Å². The van der Waals surface area contributed by atoms with Crippen LogP contribution < -0.4 is 4.74 Å². The van der Waals surface area contributed by atoms with E-state index in [4.69, 9.17) is 4.74 Å². The van der Waals surface area contributed by atoms with Crippen molar-refractivity contribution < 1.29 is 18.3 Å². The molecule has 2 heterocycles. The maximum atomic E-state index is 16.4. The fraction of sp³-hybridized carbons (Fsp3) is 0.613. The molecule has 2 saturated heterocycles. The lowest BCUT2D eigenvalue weighted by Gasteiger charge is -2.36. The van der Waals surface area contributed by atoms with Crippen LogP contribution in [0.15, 0.2) is 36.4 Å². The molecular formula is C31H41F2N3O2. The van der Waals surface area contributed by atoms with Crippen LogP contribution in [0.5, 0.6) is 5.75 Å². The van der Waals surface area contributed by atoms with E-state index in [0.29, 0.717) is 67.5 Å². The third kappa shape index (κ3) is 6.29. The van der Waals surface area contributed by atoms with Crippen molar-refractivity contribution in [1.29, 1.82) is 5.26 Å².